The van der Waals surface area contributed by atoms with Gasteiger partial charge in [-0.05, 0) is 40.5 Å². The number of aromatic amines is 1. The molecule has 0 unspecified atom stereocenters. The van der Waals surface area contributed by atoms with Crippen LogP contribution in [0.2, 0.25) is 0 Å². The molecule has 0 fully saturated rings. The van der Waals surface area contributed by atoms with Gasteiger partial charge in [0.15, 0.2) is 0 Å². The van der Waals surface area contributed by atoms with Crippen LogP contribution in [0.15, 0.2) is 152 Å². The summed E-state index contributed by atoms with van der Waals surface area (Å²) >= 11 is 0. The lowest BCUT2D eigenvalue weighted by molar-refractivity contribution is -0.132. The van der Waals surface area contributed by atoms with Crippen molar-refractivity contribution in [2.75, 3.05) is 13.1 Å². The summed E-state index contributed by atoms with van der Waals surface area (Å²) in [5.41, 5.74) is 9.05. The Morgan fingerprint density at radius 1 is 0.623 bits per heavy atom. The molecule has 0 saturated carbocycles. The Morgan fingerprint density at radius 2 is 1.15 bits per heavy atom. The molecule has 7 N–H and O–H groups in total. The van der Waals surface area contributed by atoms with Crippen LogP contribution in [0.1, 0.15) is 39.0 Å². The maximum atomic E-state index is 14.3. The van der Waals surface area contributed by atoms with Gasteiger partial charge in [-0.15, -0.1) is 0 Å². The lowest BCUT2D eigenvalue weighted by atomic mass is 9.77. The van der Waals surface area contributed by atoms with Crippen molar-refractivity contribution in [3.8, 4) is 0 Å². The van der Waals surface area contributed by atoms with Gasteiger partial charge < -0.3 is 32.0 Å². The number of nitrogens with one attached hydrogen (secondary N) is 5. The molecule has 53 heavy (non-hydrogen) atoms. The fourth-order valence-electron chi connectivity index (χ4n) is 6.59. The molecule has 268 valence electrons. The van der Waals surface area contributed by atoms with Gasteiger partial charge in [0.05, 0.1) is 6.42 Å². The summed E-state index contributed by atoms with van der Waals surface area (Å²) in [4.78, 5) is 58.8. The van der Waals surface area contributed by atoms with Crippen LogP contribution in [0.25, 0.3) is 10.9 Å². The number of H-pyrrole nitrogens is 1. The highest BCUT2D eigenvalue weighted by Gasteiger charge is 2.39. The number of benzene rings is 5. The monoisotopic (exact) mass is 706 g/mol. The van der Waals surface area contributed by atoms with Crippen molar-refractivity contribution in [3.63, 3.8) is 0 Å². The highest BCUT2D eigenvalue weighted by molar-refractivity contribution is 5.99. The summed E-state index contributed by atoms with van der Waals surface area (Å²) in [7, 11) is 0. The van der Waals surface area contributed by atoms with Crippen molar-refractivity contribution in [2.24, 2.45) is 5.73 Å². The first-order chi connectivity index (χ1) is 25.9. The van der Waals surface area contributed by atoms with Crippen LogP contribution in [0.4, 0.5) is 0 Å². The van der Waals surface area contributed by atoms with E-state index in [1.165, 1.54) is 0 Å². The molecule has 0 aliphatic carbocycles. The molecule has 10 heteroatoms. The maximum absolute atomic E-state index is 14.3. The Hall–Kier alpha value is -6.52. The van der Waals surface area contributed by atoms with Crippen LogP contribution in [-0.2, 0) is 26.3 Å². The minimum Gasteiger partial charge on any atom is -0.361 e. The van der Waals surface area contributed by atoms with Gasteiger partial charge in [-0.3, -0.25) is 19.2 Å². The fraction of sp³-hybridized carbons (Fsp3) is 0.163. The molecule has 0 spiro atoms. The lowest BCUT2D eigenvalue weighted by Crippen LogP contribution is -2.57. The van der Waals surface area contributed by atoms with E-state index in [2.05, 4.69) is 26.3 Å². The van der Waals surface area contributed by atoms with Crippen LogP contribution in [0, 0.1) is 0 Å². The SMILES string of the molecule is NCCNC(=O)[C@H](CC(=O)NC(c1ccccc1)(c1ccccc1)c1ccccc1)NC(=O)[C@H](Cc1c[nH]c2ccccc12)NC(=O)c1ccccc1. The van der Waals surface area contributed by atoms with E-state index in [4.69, 9.17) is 5.73 Å². The van der Waals surface area contributed by atoms with Crippen molar-refractivity contribution in [1.29, 1.82) is 0 Å². The summed E-state index contributed by atoms with van der Waals surface area (Å²) in [5, 5.41) is 12.6. The van der Waals surface area contributed by atoms with Crippen molar-refractivity contribution < 1.29 is 19.2 Å². The second-order valence-corrected chi connectivity index (χ2v) is 12.7. The van der Waals surface area contributed by atoms with Gasteiger partial charge in [0.1, 0.15) is 17.6 Å². The Labute approximate surface area is 308 Å². The van der Waals surface area contributed by atoms with E-state index >= 15 is 0 Å². The van der Waals surface area contributed by atoms with Crippen LogP contribution in [0.5, 0.6) is 0 Å². The normalized spacial score (nSPS) is 12.3. The summed E-state index contributed by atoms with van der Waals surface area (Å²) in [6.07, 6.45) is 1.52. The third-order valence-corrected chi connectivity index (χ3v) is 9.17. The van der Waals surface area contributed by atoms with Crippen molar-refractivity contribution in [2.45, 2.75) is 30.5 Å². The molecule has 0 bridgehead atoms. The smallest absolute Gasteiger partial charge is 0.251 e. The van der Waals surface area contributed by atoms with E-state index in [-0.39, 0.29) is 19.5 Å². The van der Waals surface area contributed by atoms with Crippen molar-refractivity contribution >= 4 is 34.5 Å². The van der Waals surface area contributed by atoms with Crippen LogP contribution >= 0.6 is 0 Å². The Bertz CT molecular complexity index is 2040. The number of fused-ring (bicyclic) bond motifs is 1. The van der Waals surface area contributed by atoms with Gasteiger partial charge in [0.25, 0.3) is 5.91 Å². The van der Waals surface area contributed by atoms with E-state index in [1.807, 2.05) is 115 Å². The molecule has 0 radical (unpaired) electrons. The topological polar surface area (TPSA) is 158 Å². The zero-order valence-electron chi connectivity index (χ0n) is 29.1. The molecule has 1 aromatic heterocycles. The third kappa shape index (κ3) is 8.52. The molecule has 10 nitrogen and oxygen atoms in total. The number of para-hydroxylation sites is 1. The fourth-order valence-corrected chi connectivity index (χ4v) is 6.59. The molecule has 6 rings (SSSR count). The highest BCUT2D eigenvalue weighted by Crippen LogP contribution is 2.37. The molecule has 0 aliphatic rings. The van der Waals surface area contributed by atoms with E-state index in [0.29, 0.717) is 5.56 Å². The summed E-state index contributed by atoms with van der Waals surface area (Å²) < 4.78 is 0. The molecule has 0 aliphatic heterocycles. The number of carbonyl (C=O) groups excluding carboxylic acids is 4. The van der Waals surface area contributed by atoms with Crippen LogP contribution in [-0.4, -0.2) is 53.8 Å². The van der Waals surface area contributed by atoms with Crippen LogP contribution < -0.4 is 27.0 Å². The summed E-state index contributed by atoms with van der Waals surface area (Å²) in [6, 6.07) is 42.7. The molecule has 0 saturated heterocycles. The minimum atomic E-state index is -1.30. The van der Waals surface area contributed by atoms with Gasteiger partial charge in [0, 0.05) is 42.2 Å². The number of nitrogens with two attached hydrogens (primary N) is 1. The maximum Gasteiger partial charge on any atom is 0.251 e. The minimum absolute atomic E-state index is 0.122. The second-order valence-electron chi connectivity index (χ2n) is 12.7. The number of aromatic nitrogens is 1. The molecular formula is C43H42N6O4. The number of hydrogen-bond donors (Lipinski definition) is 6. The van der Waals surface area contributed by atoms with Gasteiger partial charge in [-0.2, -0.15) is 0 Å². The summed E-state index contributed by atoms with van der Waals surface area (Å²) in [5.74, 6) is -2.15. The number of hydrogen-bond acceptors (Lipinski definition) is 5. The molecule has 6 aromatic rings. The van der Waals surface area contributed by atoms with E-state index < -0.39 is 47.7 Å². The highest BCUT2D eigenvalue weighted by atomic mass is 16.2. The van der Waals surface area contributed by atoms with Gasteiger partial charge in [0.2, 0.25) is 17.7 Å². The van der Waals surface area contributed by atoms with Crippen molar-refractivity contribution in [3.05, 3.63) is 180 Å². The predicted molar refractivity (Wildman–Crippen MR) is 206 cm³/mol. The van der Waals surface area contributed by atoms with E-state index in [1.54, 1.807) is 36.5 Å². The van der Waals surface area contributed by atoms with E-state index in [9.17, 15) is 19.2 Å². The Kier molecular flexibility index (Phi) is 11.7. The second kappa shape index (κ2) is 17.1. The number of amides is 4. The molecule has 4 amide bonds. The van der Waals surface area contributed by atoms with Gasteiger partial charge >= 0.3 is 0 Å². The summed E-state index contributed by atoms with van der Waals surface area (Å²) in [6.45, 7) is 0.298. The lowest BCUT2D eigenvalue weighted by Gasteiger charge is -2.37. The molecule has 5 aromatic carbocycles. The predicted octanol–water partition coefficient (Wildman–Crippen LogP) is 4.57. The molecular weight excluding hydrogens is 665 g/mol. The van der Waals surface area contributed by atoms with Crippen molar-refractivity contribution in [1.82, 2.24) is 26.3 Å². The zero-order chi connectivity index (χ0) is 37.0. The Morgan fingerprint density at radius 3 is 1.72 bits per heavy atom. The van der Waals surface area contributed by atoms with E-state index in [0.717, 1.165) is 33.2 Å². The molecule has 2 atom stereocenters. The Balaban J connectivity index is 1.32. The van der Waals surface area contributed by atoms with Gasteiger partial charge in [-0.25, -0.2) is 0 Å². The standard InChI is InChI=1S/C43H42N6O4/c44-25-26-45-41(52)38(28-39(50)49-43(32-17-7-2-8-18-32,33-19-9-3-10-20-33)34-21-11-4-12-22-34)48-42(53)37(47-40(51)30-15-5-1-6-16-30)27-31-29-46-36-24-14-13-23-35(31)36/h1-24,29,37-38,46H,25-28,44H2,(H,45,52)(H,47,51)(H,48,53)(H,49,50)/t37-,38-/m0/s1. The zero-order valence-corrected chi connectivity index (χ0v) is 29.1. The number of rotatable bonds is 15. The quantitative estimate of drug-likeness (QED) is 0.0863. The first-order valence-corrected chi connectivity index (χ1v) is 17.6. The molecule has 1 heterocycles. The van der Waals surface area contributed by atoms with Crippen LogP contribution in [0.3, 0.4) is 0 Å². The van der Waals surface area contributed by atoms with Gasteiger partial charge in [-0.1, -0.05) is 127 Å². The first-order valence-electron chi connectivity index (χ1n) is 17.6. The first kappa shape index (κ1) is 36.3. The number of carbonyl (C=O) groups is 4. The third-order valence-electron chi connectivity index (χ3n) is 9.17. The average Bonchev–Trinajstić information content (AvgIpc) is 3.62. The largest absolute Gasteiger partial charge is 0.361 e. The average molecular weight is 707 g/mol.